The molecule has 0 radical (unpaired) electrons. The van der Waals surface area contributed by atoms with Crippen molar-refractivity contribution >= 4 is 23.0 Å². The molecule has 0 saturated carbocycles. The van der Waals surface area contributed by atoms with Crippen molar-refractivity contribution in [2.24, 2.45) is 4.99 Å². The Labute approximate surface area is 174 Å². The summed E-state index contributed by atoms with van der Waals surface area (Å²) in [4.78, 5) is 23.1. The molecule has 1 amide bonds. The van der Waals surface area contributed by atoms with Crippen LogP contribution < -0.4 is 0 Å². The van der Waals surface area contributed by atoms with Crippen LogP contribution in [-0.2, 0) is 17.4 Å². The third-order valence-corrected chi connectivity index (χ3v) is 5.20. The summed E-state index contributed by atoms with van der Waals surface area (Å²) in [6.07, 6.45) is -1.00. The van der Waals surface area contributed by atoms with Gasteiger partial charge in [-0.3, -0.25) is 4.79 Å². The van der Waals surface area contributed by atoms with Gasteiger partial charge in [-0.2, -0.15) is 18.3 Å². The van der Waals surface area contributed by atoms with Crippen LogP contribution >= 0.6 is 0 Å². The lowest BCUT2D eigenvalue weighted by atomic mass is 10.1. The van der Waals surface area contributed by atoms with Gasteiger partial charge in [0.2, 0.25) is 6.41 Å². The standard InChI is InChI=1S/C22H14F3N5O/c23-22(24,25)19-2-1-3-20(29-19)30-18-10-14(4-5-15(18)11-27-30)16-8-6-13-7-9-17(26-12-31)21(13)28-16/h1-6,8,10-12H,7,9H2. The van der Waals surface area contributed by atoms with Crippen LogP contribution in [0.3, 0.4) is 0 Å². The maximum absolute atomic E-state index is 13.1. The SMILES string of the molecule is O=CN=C1CCc2ccc(-c3ccc4cnn(-c5cccc(C(F)(F)F)n5)c4c3)nc21. The number of amides is 1. The fraction of sp³-hybridized carbons (Fsp3) is 0.136. The van der Waals surface area contributed by atoms with Gasteiger partial charge in [-0.05, 0) is 42.7 Å². The molecule has 0 spiro atoms. The van der Waals surface area contributed by atoms with Gasteiger partial charge in [0.25, 0.3) is 0 Å². The van der Waals surface area contributed by atoms with E-state index < -0.39 is 11.9 Å². The topological polar surface area (TPSA) is 73.0 Å². The molecule has 5 rings (SSSR count). The number of alkyl halides is 3. The minimum Gasteiger partial charge on any atom is -0.276 e. The van der Waals surface area contributed by atoms with E-state index in [1.807, 2.05) is 30.3 Å². The number of nitrogens with zero attached hydrogens (tertiary/aromatic N) is 5. The minimum atomic E-state index is -4.54. The highest BCUT2D eigenvalue weighted by Gasteiger charge is 2.32. The minimum absolute atomic E-state index is 0.0734. The van der Waals surface area contributed by atoms with Crippen molar-refractivity contribution in [3.05, 3.63) is 71.7 Å². The van der Waals surface area contributed by atoms with Crippen LogP contribution in [0, 0.1) is 0 Å². The van der Waals surface area contributed by atoms with Gasteiger partial charge in [0, 0.05) is 10.9 Å². The van der Waals surface area contributed by atoms with E-state index >= 15 is 0 Å². The summed E-state index contributed by atoms with van der Waals surface area (Å²) in [5.74, 6) is 0.0734. The van der Waals surface area contributed by atoms with Crippen LogP contribution in [0.25, 0.3) is 28.0 Å². The Balaban J connectivity index is 1.61. The van der Waals surface area contributed by atoms with Gasteiger partial charge in [-0.1, -0.05) is 24.3 Å². The predicted molar refractivity (Wildman–Crippen MR) is 108 cm³/mol. The second-order valence-corrected chi connectivity index (χ2v) is 7.09. The molecule has 0 N–H and O–H groups in total. The Kier molecular flexibility index (Phi) is 4.39. The molecule has 3 aromatic heterocycles. The summed E-state index contributed by atoms with van der Waals surface area (Å²) in [6.45, 7) is 0. The number of aliphatic imine (C=N–C) groups is 1. The molecule has 1 aliphatic rings. The lowest BCUT2D eigenvalue weighted by molar-refractivity contribution is -0.141. The van der Waals surface area contributed by atoms with Crippen LogP contribution in [0.1, 0.15) is 23.4 Å². The normalized spacial score (nSPS) is 14.9. The highest BCUT2D eigenvalue weighted by molar-refractivity contribution is 6.06. The van der Waals surface area contributed by atoms with Crippen molar-refractivity contribution in [3.63, 3.8) is 0 Å². The van der Waals surface area contributed by atoms with E-state index in [2.05, 4.69) is 20.1 Å². The lowest BCUT2D eigenvalue weighted by Crippen LogP contribution is -2.10. The predicted octanol–water partition coefficient (Wildman–Crippen LogP) is 4.39. The number of benzene rings is 1. The van der Waals surface area contributed by atoms with Crippen LogP contribution in [0.4, 0.5) is 13.2 Å². The molecule has 0 bridgehead atoms. The maximum atomic E-state index is 13.1. The first-order valence-corrected chi connectivity index (χ1v) is 9.47. The molecule has 0 saturated heterocycles. The number of fused-ring (bicyclic) bond motifs is 2. The van der Waals surface area contributed by atoms with E-state index in [0.717, 1.165) is 29.0 Å². The van der Waals surface area contributed by atoms with Crippen molar-refractivity contribution in [1.29, 1.82) is 0 Å². The third kappa shape index (κ3) is 3.37. The van der Waals surface area contributed by atoms with Crippen molar-refractivity contribution in [2.45, 2.75) is 19.0 Å². The zero-order valence-corrected chi connectivity index (χ0v) is 16.0. The van der Waals surface area contributed by atoms with Gasteiger partial charge < -0.3 is 0 Å². The van der Waals surface area contributed by atoms with Crippen LogP contribution in [0.2, 0.25) is 0 Å². The molecule has 6 nitrogen and oxygen atoms in total. The highest BCUT2D eigenvalue weighted by atomic mass is 19.4. The maximum Gasteiger partial charge on any atom is 0.433 e. The number of hydrogen-bond donors (Lipinski definition) is 0. The number of carbonyl (C=O) groups excluding carboxylic acids is 1. The van der Waals surface area contributed by atoms with Gasteiger partial charge in [0.15, 0.2) is 5.82 Å². The van der Waals surface area contributed by atoms with Gasteiger partial charge in [0.1, 0.15) is 5.69 Å². The molecule has 154 valence electrons. The van der Waals surface area contributed by atoms with E-state index in [0.29, 0.717) is 35.4 Å². The Morgan fingerprint density at radius 3 is 2.71 bits per heavy atom. The van der Waals surface area contributed by atoms with Gasteiger partial charge >= 0.3 is 6.18 Å². The summed E-state index contributed by atoms with van der Waals surface area (Å²) >= 11 is 0. The Morgan fingerprint density at radius 2 is 1.90 bits per heavy atom. The summed E-state index contributed by atoms with van der Waals surface area (Å²) in [5, 5.41) is 4.98. The Hall–Kier alpha value is -3.88. The molecule has 1 aliphatic carbocycles. The number of halogens is 3. The van der Waals surface area contributed by atoms with Crippen molar-refractivity contribution < 1.29 is 18.0 Å². The Morgan fingerprint density at radius 1 is 1.03 bits per heavy atom. The highest BCUT2D eigenvalue weighted by Crippen LogP contribution is 2.30. The molecular weight excluding hydrogens is 407 g/mol. The van der Waals surface area contributed by atoms with Crippen LogP contribution in [-0.4, -0.2) is 31.9 Å². The van der Waals surface area contributed by atoms with Gasteiger partial charge in [-0.25, -0.2) is 19.6 Å². The molecule has 0 fully saturated rings. The fourth-order valence-electron chi connectivity index (χ4n) is 3.72. The van der Waals surface area contributed by atoms with Crippen molar-refractivity contribution in [3.8, 4) is 17.1 Å². The van der Waals surface area contributed by atoms with E-state index in [1.165, 1.54) is 16.8 Å². The van der Waals surface area contributed by atoms with Crippen LogP contribution in [0.5, 0.6) is 0 Å². The molecule has 31 heavy (non-hydrogen) atoms. The zero-order chi connectivity index (χ0) is 21.6. The summed E-state index contributed by atoms with van der Waals surface area (Å²) in [5.41, 5.74) is 3.46. The number of rotatable bonds is 3. The molecule has 4 aromatic rings. The number of aryl methyl sites for hydroxylation is 1. The van der Waals surface area contributed by atoms with Crippen molar-refractivity contribution in [2.75, 3.05) is 0 Å². The Bertz CT molecular complexity index is 1360. The number of pyridine rings is 2. The second-order valence-electron chi connectivity index (χ2n) is 7.09. The van der Waals surface area contributed by atoms with Crippen molar-refractivity contribution in [1.82, 2.24) is 19.7 Å². The van der Waals surface area contributed by atoms with E-state index in [9.17, 15) is 18.0 Å². The third-order valence-electron chi connectivity index (χ3n) is 5.20. The quantitative estimate of drug-likeness (QED) is 0.460. The number of carbonyl (C=O) groups is 1. The average Bonchev–Trinajstić information content (AvgIpc) is 3.37. The molecule has 0 atom stereocenters. The van der Waals surface area contributed by atoms with Gasteiger partial charge in [-0.15, -0.1) is 0 Å². The number of hydrogen-bond acceptors (Lipinski definition) is 4. The van der Waals surface area contributed by atoms with Gasteiger partial charge in [0.05, 0.1) is 28.8 Å². The zero-order valence-electron chi connectivity index (χ0n) is 16.0. The van der Waals surface area contributed by atoms with E-state index in [4.69, 9.17) is 0 Å². The monoisotopic (exact) mass is 421 g/mol. The summed E-state index contributed by atoms with van der Waals surface area (Å²) < 4.78 is 40.6. The first kappa shape index (κ1) is 19.1. The lowest BCUT2D eigenvalue weighted by Gasteiger charge is -2.09. The average molecular weight is 421 g/mol. The largest absolute Gasteiger partial charge is 0.433 e. The number of aromatic nitrogens is 4. The fourth-order valence-corrected chi connectivity index (χ4v) is 3.72. The molecule has 9 heteroatoms. The summed E-state index contributed by atoms with van der Waals surface area (Å²) in [7, 11) is 0. The van der Waals surface area contributed by atoms with E-state index in [-0.39, 0.29) is 5.82 Å². The smallest absolute Gasteiger partial charge is 0.276 e. The summed E-state index contributed by atoms with van der Waals surface area (Å²) in [6, 6.07) is 13.1. The first-order valence-electron chi connectivity index (χ1n) is 9.47. The molecule has 0 aliphatic heterocycles. The first-order chi connectivity index (χ1) is 14.9. The van der Waals surface area contributed by atoms with E-state index in [1.54, 1.807) is 6.20 Å². The van der Waals surface area contributed by atoms with Crippen LogP contribution in [0.15, 0.2) is 59.7 Å². The molecule has 0 unspecified atom stereocenters. The second kappa shape index (κ2) is 7.12. The molecule has 1 aromatic carbocycles. The molecule has 3 heterocycles. The molecular formula is C22H14F3N5O.